The minimum absolute atomic E-state index is 0.0108. The summed E-state index contributed by atoms with van der Waals surface area (Å²) in [4.78, 5) is 11.9. The van der Waals surface area contributed by atoms with Crippen LogP contribution in [0.3, 0.4) is 0 Å². The average molecular weight is 296 g/mol. The van der Waals surface area contributed by atoms with E-state index < -0.39 is 0 Å². The van der Waals surface area contributed by atoms with Gasteiger partial charge in [0.1, 0.15) is 0 Å². The maximum atomic E-state index is 11.9. The number of benzene rings is 1. The molecule has 1 aliphatic heterocycles. The SMILES string of the molecule is C[C@@H](CN)NC(=O)c1ccc(C2SCCCS2)cc1. The van der Waals surface area contributed by atoms with E-state index in [2.05, 4.69) is 17.4 Å². The van der Waals surface area contributed by atoms with Gasteiger partial charge in [0.25, 0.3) is 5.91 Å². The molecule has 2 rings (SSSR count). The summed E-state index contributed by atoms with van der Waals surface area (Å²) in [5, 5.41) is 2.87. The van der Waals surface area contributed by atoms with Crippen LogP contribution in [0.15, 0.2) is 24.3 Å². The van der Waals surface area contributed by atoms with Crippen LogP contribution in [-0.4, -0.2) is 30.0 Å². The van der Waals surface area contributed by atoms with Crippen molar-refractivity contribution in [3.05, 3.63) is 35.4 Å². The normalized spacial score (nSPS) is 18.0. The van der Waals surface area contributed by atoms with E-state index in [4.69, 9.17) is 5.73 Å². The molecule has 0 radical (unpaired) electrons. The van der Waals surface area contributed by atoms with E-state index in [0.717, 1.165) is 0 Å². The highest BCUT2D eigenvalue weighted by molar-refractivity contribution is 8.16. The summed E-state index contributed by atoms with van der Waals surface area (Å²) in [5.41, 5.74) is 7.51. The van der Waals surface area contributed by atoms with E-state index in [-0.39, 0.29) is 11.9 Å². The molecule has 104 valence electrons. The molecule has 1 heterocycles. The molecule has 1 aliphatic rings. The Morgan fingerprint density at radius 2 is 2.00 bits per heavy atom. The van der Waals surface area contributed by atoms with E-state index >= 15 is 0 Å². The number of nitrogens with one attached hydrogen (secondary N) is 1. The highest BCUT2D eigenvalue weighted by atomic mass is 32.2. The first kappa shape index (κ1) is 14.8. The fraction of sp³-hybridized carbons (Fsp3) is 0.500. The van der Waals surface area contributed by atoms with Crippen molar-refractivity contribution in [2.45, 2.75) is 24.0 Å². The highest BCUT2D eigenvalue weighted by Gasteiger charge is 2.17. The van der Waals surface area contributed by atoms with Crippen molar-refractivity contribution in [1.29, 1.82) is 0 Å². The predicted octanol–water partition coefficient (Wildman–Crippen LogP) is 2.63. The number of nitrogens with two attached hydrogens (primary N) is 1. The zero-order valence-electron chi connectivity index (χ0n) is 11.1. The molecule has 1 aromatic carbocycles. The Hall–Kier alpha value is -0.650. The van der Waals surface area contributed by atoms with Crippen LogP contribution in [0.25, 0.3) is 0 Å². The monoisotopic (exact) mass is 296 g/mol. The van der Waals surface area contributed by atoms with Crippen LogP contribution in [0.1, 0.15) is 33.8 Å². The second kappa shape index (κ2) is 7.22. The van der Waals surface area contributed by atoms with Gasteiger partial charge < -0.3 is 11.1 Å². The Balaban J connectivity index is 1.99. The molecule has 1 amide bonds. The Bertz CT molecular complexity index is 416. The first-order valence-corrected chi connectivity index (χ1v) is 8.64. The van der Waals surface area contributed by atoms with Gasteiger partial charge in [0.15, 0.2) is 0 Å². The molecular formula is C14H20N2OS2. The fourth-order valence-corrected chi connectivity index (χ4v) is 4.73. The summed E-state index contributed by atoms with van der Waals surface area (Å²) in [7, 11) is 0. The number of amides is 1. The standard InChI is InChI=1S/C14H20N2OS2/c1-10(9-15)16-13(17)11-3-5-12(6-4-11)14-18-7-2-8-19-14/h3-6,10,14H,2,7-9,15H2,1H3,(H,16,17)/t10-/m0/s1. The lowest BCUT2D eigenvalue weighted by atomic mass is 10.1. The minimum Gasteiger partial charge on any atom is -0.348 e. The van der Waals surface area contributed by atoms with Gasteiger partial charge in [-0.25, -0.2) is 0 Å². The van der Waals surface area contributed by atoms with E-state index in [1.54, 1.807) is 0 Å². The first-order chi connectivity index (χ1) is 9.20. The van der Waals surface area contributed by atoms with Crippen LogP contribution >= 0.6 is 23.5 Å². The smallest absolute Gasteiger partial charge is 0.251 e. The Morgan fingerprint density at radius 1 is 1.37 bits per heavy atom. The molecule has 0 bridgehead atoms. The molecule has 0 spiro atoms. The van der Waals surface area contributed by atoms with Crippen LogP contribution in [0.2, 0.25) is 0 Å². The molecular weight excluding hydrogens is 276 g/mol. The van der Waals surface area contributed by atoms with Crippen LogP contribution in [0.4, 0.5) is 0 Å². The van der Waals surface area contributed by atoms with Crippen molar-refractivity contribution in [2.75, 3.05) is 18.1 Å². The second-order valence-electron chi connectivity index (χ2n) is 4.66. The van der Waals surface area contributed by atoms with Crippen LogP contribution < -0.4 is 11.1 Å². The van der Waals surface area contributed by atoms with Gasteiger partial charge in [-0.2, -0.15) is 0 Å². The molecule has 1 saturated heterocycles. The highest BCUT2D eigenvalue weighted by Crippen LogP contribution is 2.43. The third-order valence-corrected chi connectivity index (χ3v) is 6.02. The largest absolute Gasteiger partial charge is 0.348 e. The lowest BCUT2D eigenvalue weighted by Crippen LogP contribution is -2.37. The van der Waals surface area contributed by atoms with Gasteiger partial charge in [0.2, 0.25) is 0 Å². The fourth-order valence-electron chi connectivity index (χ4n) is 1.84. The minimum atomic E-state index is -0.0477. The molecule has 3 nitrogen and oxygen atoms in total. The summed E-state index contributed by atoms with van der Waals surface area (Å²) < 4.78 is 0.522. The summed E-state index contributed by atoms with van der Waals surface area (Å²) >= 11 is 3.98. The lowest BCUT2D eigenvalue weighted by molar-refractivity contribution is 0.0941. The molecule has 1 aromatic rings. The third kappa shape index (κ3) is 4.16. The maximum Gasteiger partial charge on any atom is 0.251 e. The Morgan fingerprint density at radius 3 is 2.58 bits per heavy atom. The zero-order chi connectivity index (χ0) is 13.7. The van der Waals surface area contributed by atoms with Crippen molar-refractivity contribution in [3.8, 4) is 0 Å². The van der Waals surface area contributed by atoms with Gasteiger partial charge in [-0.1, -0.05) is 12.1 Å². The molecule has 0 saturated carbocycles. The number of carbonyl (C=O) groups is 1. The van der Waals surface area contributed by atoms with E-state index in [1.807, 2.05) is 42.6 Å². The summed E-state index contributed by atoms with van der Waals surface area (Å²) in [6.45, 7) is 2.36. The average Bonchev–Trinajstić information content (AvgIpc) is 2.48. The summed E-state index contributed by atoms with van der Waals surface area (Å²) in [5.74, 6) is 2.41. The van der Waals surface area contributed by atoms with Crippen LogP contribution in [0.5, 0.6) is 0 Å². The number of hydrogen-bond donors (Lipinski definition) is 2. The molecule has 3 N–H and O–H groups in total. The van der Waals surface area contributed by atoms with Gasteiger partial charge in [-0.05, 0) is 42.5 Å². The lowest BCUT2D eigenvalue weighted by Gasteiger charge is -2.21. The number of thioether (sulfide) groups is 2. The van der Waals surface area contributed by atoms with Gasteiger partial charge >= 0.3 is 0 Å². The Kier molecular flexibility index (Phi) is 5.60. The van der Waals surface area contributed by atoms with E-state index in [9.17, 15) is 4.79 Å². The van der Waals surface area contributed by atoms with E-state index in [0.29, 0.717) is 16.7 Å². The zero-order valence-corrected chi connectivity index (χ0v) is 12.7. The van der Waals surface area contributed by atoms with E-state index in [1.165, 1.54) is 23.5 Å². The van der Waals surface area contributed by atoms with Crippen LogP contribution in [-0.2, 0) is 0 Å². The number of rotatable bonds is 4. The first-order valence-electron chi connectivity index (χ1n) is 6.55. The molecule has 1 fully saturated rings. The van der Waals surface area contributed by atoms with Crippen molar-refractivity contribution in [1.82, 2.24) is 5.32 Å². The number of hydrogen-bond acceptors (Lipinski definition) is 4. The van der Waals surface area contributed by atoms with Gasteiger partial charge in [0, 0.05) is 18.2 Å². The van der Waals surface area contributed by atoms with Crippen molar-refractivity contribution in [2.24, 2.45) is 5.73 Å². The quantitative estimate of drug-likeness (QED) is 0.897. The van der Waals surface area contributed by atoms with Crippen molar-refractivity contribution in [3.63, 3.8) is 0 Å². The maximum absolute atomic E-state index is 11.9. The molecule has 0 unspecified atom stereocenters. The predicted molar refractivity (Wildman–Crippen MR) is 84.7 cm³/mol. The van der Waals surface area contributed by atoms with Crippen molar-refractivity contribution >= 4 is 29.4 Å². The van der Waals surface area contributed by atoms with Gasteiger partial charge in [-0.15, -0.1) is 23.5 Å². The molecule has 19 heavy (non-hydrogen) atoms. The number of carbonyl (C=O) groups excluding carboxylic acids is 1. The third-order valence-electron chi connectivity index (χ3n) is 3.00. The molecule has 0 aliphatic carbocycles. The summed E-state index contributed by atoms with van der Waals surface area (Å²) in [6.07, 6.45) is 1.29. The summed E-state index contributed by atoms with van der Waals surface area (Å²) in [6, 6.07) is 7.96. The van der Waals surface area contributed by atoms with Crippen molar-refractivity contribution < 1.29 is 4.79 Å². The molecule has 1 atom stereocenters. The Labute approximate surface area is 123 Å². The topological polar surface area (TPSA) is 55.1 Å². The van der Waals surface area contributed by atoms with Crippen LogP contribution in [0, 0.1) is 0 Å². The molecule has 5 heteroatoms. The molecule has 0 aromatic heterocycles. The van der Waals surface area contributed by atoms with Gasteiger partial charge in [0.05, 0.1) is 4.58 Å². The van der Waals surface area contributed by atoms with Gasteiger partial charge in [-0.3, -0.25) is 4.79 Å². The second-order valence-corrected chi connectivity index (χ2v) is 7.38.